The quantitative estimate of drug-likeness (QED) is 0.797. The highest BCUT2D eigenvalue weighted by molar-refractivity contribution is 5.78. The van der Waals surface area contributed by atoms with Gasteiger partial charge >= 0.3 is 0 Å². The van der Waals surface area contributed by atoms with Crippen molar-refractivity contribution < 1.29 is 10.2 Å². The van der Waals surface area contributed by atoms with Crippen LogP contribution in [0, 0.1) is 0 Å². The van der Waals surface area contributed by atoms with E-state index in [2.05, 4.69) is 4.98 Å². The molecule has 0 amide bonds. The van der Waals surface area contributed by atoms with E-state index < -0.39 is 6.10 Å². The van der Waals surface area contributed by atoms with Crippen LogP contribution in [0.3, 0.4) is 0 Å². The molecule has 0 saturated carbocycles. The number of fused-ring (bicyclic) bond motifs is 1. The van der Waals surface area contributed by atoms with Crippen molar-refractivity contribution in [1.29, 1.82) is 0 Å². The Bertz CT molecular complexity index is 456. The molecule has 3 heteroatoms. The molecule has 1 atom stereocenters. The lowest BCUT2D eigenvalue weighted by atomic mass is 10.1. The van der Waals surface area contributed by atoms with Crippen LogP contribution < -0.4 is 0 Å². The molecular weight excluding hydrogens is 190 g/mol. The van der Waals surface area contributed by atoms with Gasteiger partial charge in [-0.25, -0.2) is 0 Å². The third-order valence-corrected chi connectivity index (χ3v) is 2.36. The Kier molecular flexibility index (Phi) is 2.94. The summed E-state index contributed by atoms with van der Waals surface area (Å²) in [6.07, 6.45) is -0.356. The summed E-state index contributed by atoms with van der Waals surface area (Å²) < 4.78 is 0. The molecule has 0 radical (unpaired) electrons. The molecule has 0 aliphatic rings. The summed E-state index contributed by atoms with van der Waals surface area (Å²) in [6, 6.07) is 11.5. The van der Waals surface area contributed by atoms with Crippen molar-refractivity contribution in [1.82, 2.24) is 4.98 Å². The van der Waals surface area contributed by atoms with Gasteiger partial charge in [-0.1, -0.05) is 24.3 Å². The Morgan fingerprint density at radius 1 is 1.13 bits per heavy atom. The number of nitrogens with zero attached hydrogens (tertiary/aromatic N) is 1. The minimum absolute atomic E-state index is 0.0321. The van der Waals surface area contributed by atoms with Crippen LogP contribution in [-0.2, 0) is 0 Å². The second-order valence-corrected chi connectivity index (χ2v) is 3.46. The van der Waals surface area contributed by atoms with Crippen LogP contribution in [0.5, 0.6) is 0 Å². The second kappa shape index (κ2) is 4.38. The molecular formula is C12H13NO2. The molecule has 1 aromatic carbocycles. The van der Waals surface area contributed by atoms with E-state index in [1.807, 2.05) is 30.3 Å². The Morgan fingerprint density at radius 3 is 2.73 bits per heavy atom. The van der Waals surface area contributed by atoms with Crippen LogP contribution in [0.2, 0.25) is 0 Å². The van der Waals surface area contributed by atoms with E-state index in [9.17, 15) is 5.11 Å². The van der Waals surface area contributed by atoms with E-state index in [1.54, 1.807) is 6.07 Å². The van der Waals surface area contributed by atoms with Gasteiger partial charge in [0.25, 0.3) is 0 Å². The summed E-state index contributed by atoms with van der Waals surface area (Å²) in [7, 11) is 0. The fourth-order valence-corrected chi connectivity index (χ4v) is 1.54. The monoisotopic (exact) mass is 203 g/mol. The zero-order valence-electron chi connectivity index (χ0n) is 8.30. The van der Waals surface area contributed by atoms with Crippen molar-refractivity contribution in [3.63, 3.8) is 0 Å². The lowest BCUT2D eigenvalue weighted by molar-refractivity contribution is 0.131. The molecule has 0 aliphatic carbocycles. The fraction of sp³-hybridized carbons (Fsp3) is 0.250. The Balaban J connectivity index is 2.38. The number of aliphatic hydroxyl groups excluding tert-OH is 2. The van der Waals surface area contributed by atoms with E-state index in [-0.39, 0.29) is 6.61 Å². The molecule has 3 nitrogen and oxygen atoms in total. The van der Waals surface area contributed by atoms with Gasteiger partial charge in [-0.15, -0.1) is 0 Å². The molecule has 0 aliphatic heterocycles. The number of rotatable bonds is 3. The molecule has 0 unspecified atom stereocenters. The van der Waals surface area contributed by atoms with Gasteiger partial charge in [0, 0.05) is 18.4 Å². The molecule has 78 valence electrons. The molecule has 1 aromatic heterocycles. The number of aliphatic hydroxyl groups is 2. The van der Waals surface area contributed by atoms with Crippen molar-refractivity contribution in [2.45, 2.75) is 12.5 Å². The van der Waals surface area contributed by atoms with Crippen LogP contribution in [0.25, 0.3) is 10.9 Å². The predicted molar refractivity (Wildman–Crippen MR) is 58.4 cm³/mol. The zero-order valence-corrected chi connectivity index (χ0v) is 8.30. The summed E-state index contributed by atoms with van der Waals surface area (Å²) in [4.78, 5) is 4.33. The predicted octanol–water partition coefficient (Wildman–Crippen LogP) is 1.65. The average molecular weight is 203 g/mol. The largest absolute Gasteiger partial charge is 0.396 e. The summed E-state index contributed by atoms with van der Waals surface area (Å²) in [5.74, 6) is 0. The zero-order chi connectivity index (χ0) is 10.7. The Morgan fingerprint density at radius 2 is 1.93 bits per heavy atom. The molecule has 15 heavy (non-hydrogen) atoms. The van der Waals surface area contributed by atoms with Crippen molar-refractivity contribution in [3.8, 4) is 0 Å². The van der Waals surface area contributed by atoms with Crippen molar-refractivity contribution in [2.24, 2.45) is 0 Å². The number of pyridine rings is 1. The molecule has 0 fully saturated rings. The van der Waals surface area contributed by atoms with Gasteiger partial charge in [-0.05, 0) is 12.1 Å². The molecule has 1 heterocycles. The van der Waals surface area contributed by atoms with Crippen LogP contribution in [0.15, 0.2) is 36.4 Å². The lowest BCUT2D eigenvalue weighted by Crippen LogP contribution is -2.02. The SMILES string of the molecule is OCC[C@H](O)c1ccc2ccccc2n1. The highest BCUT2D eigenvalue weighted by Crippen LogP contribution is 2.18. The van der Waals surface area contributed by atoms with Gasteiger partial charge in [0.05, 0.1) is 17.3 Å². The number of benzene rings is 1. The molecule has 0 spiro atoms. The first-order valence-corrected chi connectivity index (χ1v) is 4.96. The third kappa shape index (κ3) is 2.14. The van der Waals surface area contributed by atoms with E-state index >= 15 is 0 Å². The lowest BCUT2D eigenvalue weighted by Gasteiger charge is -2.08. The second-order valence-electron chi connectivity index (χ2n) is 3.46. The Hall–Kier alpha value is -1.45. The smallest absolute Gasteiger partial charge is 0.0981 e. The molecule has 2 N–H and O–H groups in total. The van der Waals surface area contributed by atoms with Gasteiger partial charge in [-0.2, -0.15) is 0 Å². The summed E-state index contributed by atoms with van der Waals surface area (Å²) in [6.45, 7) is -0.0321. The summed E-state index contributed by atoms with van der Waals surface area (Å²) in [5.41, 5.74) is 1.48. The van der Waals surface area contributed by atoms with Crippen LogP contribution in [0.4, 0.5) is 0 Å². The van der Waals surface area contributed by atoms with Crippen molar-refractivity contribution in [3.05, 3.63) is 42.1 Å². The van der Waals surface area contributed by atoms with E-state index in [0.29, 0.717) is 12.1 Å². The number of hydrogen-bond acceptors (Lipinski definition) is 3. The van der Waals surface area contributed by atoms with Gasteiger partial charge < -0.3 is 10.2 Å². The molecule has 0 bridgehead atoms. The molecule has 2 aromatic rings. The number of aromatic nitrogens is 1. The van der Waals surface area contributed by atoms with Crippen LogP contribution in [0.1, 0.15) is 18.2 Å². The highest BCUT2D eigenvalue weighted by Gasteiger charge is 2.08. The maximum absolute atomic E-state index is 9.66. The maximum atomic E-state index is 9.66. The fourth-order valence-electron chi connectivity index (χ4n) is 1.54. The van der Waals surface area contributed by atoms with E-state index in [1.165, 1.54) is 0 Å². The third-order valence-electron chi connectivity index (χ3n) is 2.36. The molecule has 2 rings (SSSR count). The van der Waals surface area contributed by atoms with Gasteiger partial charge in [0.15, 0.2) is 0 Å². The number of hydrogen-bond donors (Lipinski definition) is 2. The van der Waals surface area contributed by atoms with Crippen LogP contribution in [-0.4, -0.2) is 21.8 Å². The first kappa shape index (κ1) is 10.1. The standard InChI is InChI=1S/C12H13NO2/c14-8-7-12(15)11-6-5-9-3-1-2-4-10(9)13-11/h1-6,12,14-15H,7-8H2/t12-/m0/s1. The normalized spacial score (nSPS) is 12.9. The number of para-hydroxylation sites is 1. The van der Waals surface area contributed by atoms with E-state index in [4.69, 9.17) is 5.11 Å². The van der Waals surface area contributed by atoms with Crippen molar-refractivity contribution in [2.75, 3.05) is 6.61 Å². The summed E-state index contributed by atoms with van der Waals surface area (Å²) in [5, 5.41) is 19.4. The van der Waals surface area contributed by atoms with Gasteiger partial charge in [-0.3, -0.25) is 4.98 Å². The Labute approximate surface area is 88.0 Å². The van der Waals surface area contributed by atoms with E-state index in [0.717, 1.165) is 10.9 Å². The maximum Gasteiger partial charge on any atom is 0.0981 e. The topological polar surface area (TPSA) is 53.4 Å². The van der Waals surface area contributed by atoms with Gasteiger partial charge in [0.1, 0.15) is 0 Å². The minimum Gasteiger partial charge on any atom is -0.396 e. The average Bonchev–Trinajstić information content (AvgIpc) is 2.29. The molecule has 0 saturated heterocycles. The first-order chi connectivity index (χ1) is 7.31. The summed E-state index contributed by atoms with van der Waals surface area (Å²) >= 11 is 0. The first-order valence-electron chi connectivity index (χ1n) is 4.96. The highest BCUT2D eigenvalue weighted by atomic mass is 16.3. The van der Waals surface area contributed by atoms with Gasteiger partial charge in [0.2, 0.25) is 0 Å². The van der Waals surface area contributed by atoms with Crippen molar-refractivity contribution >= 4 is 10.9 Å². The van der Waals surface area contributed by atoms with Crippen LogP contribution >= 0.6 is 0 Å². The minimum atomic E-state index is -0.681.